The maximum absolute atomic E-state index is 12.2. The van der Waals surface area contributed by atoms with Crippen molar-refractivity contribution in [2.24, 2.45) is 11.7 Å². The van der Waals surface area contributed by atoms with Crippen molar-refractivity contribution in [2.45, 2.75) is 75.9 Å². The Hall–Kier alpha value is -0.610. The first-order valence-corrected chi connectivity index (χ1v) is 7.73. The van der Waals surface area contributed by atoms with Gasteiger partial charge in [-0.2, -0.15) is 0 Å². The average molecular weight is 268 g/mol. The Labute approximate surface area is 116 Å². The number of nitrogens with two attached hydrogens (primary N) is 1. The molecule has 4 heteroatoms. The van der Waals surface area contributed by atoms with Crippen molar-refractivity contribution in [3.8, 4) is 0 Å². The smallest absolute Gasteiger partial charge is 0.240 e. The summed E-state index contributed by atoms with van der Waals surface area (Å²) in [5.41, 5.74) is 4.77. The zero-order valence-electron chi connectivity index (χ0n) is 12.1. The van der Waals surface area contributed by atoms with Gasteiger partial charge in [0.05, 0.1) is 11.1 Å². The molecule has 0 aromatic carbocycles. The first-order chi connectivity index (χ1) is 8.94. The number of rotatable bonds is 3. The van der Waals surface area contributed by atoms with Crippen molar-refractivity contribution in [2.75, 3.05) is 6.54 Å². The molecule has 2 aliphatic rings. The molecular formula is C15H28N2O2. The molecule has 2 saturated carbocycles. The van der Waals surface area contributed by atoms with Gasteiger partial charge in [0.1, 0.15) is 0 Å². The topological polar surface area (TPSA) is 75.3 Å². The van der Waals surface area contributed by atoms with E-state index in [1.54, 1.807) is 0 Å². The molecule has 2 unspecified atom stereocenters. The van der Waals surface area contributed by atoms with E-state index in [-0.39, 0.29) is 5.91 Å². The molecule has 0 aromatic rings. The van der Waals surface area contributed by atoms with Gasteiger partial charge in [-0.05, 0) is 31.6 Å². The summed E-state index contributed by atoms with van der Waals surface area (Å²) in [6, 6.07) is 0. The van der Waals surface area contributed by atoms with E-state index in [2.05, 4.69) is 12.2 Å². The van der Waals surface area contributed by atoms with Crippen LogP contribution in [-0.4, -0.2) is 28.7 Å². The summed E-state index contributed by atoms with van der Waals surface area (Å²) >= 11 is 0. The van der Waals surface area contributed by atoms with Crippen molar-refractivity contribution in [1.82, 2.24) is 5.32 Å². The number of amides is 1. The van der Waals surface area contributed by atoms with Crippen LogP contribution in [0.1, 0.15) is 64.7 Å². The summed E-state index contributed by atoms with van der Waals surface area (Å²) in [5, 5.41) is 13.4. The Morgan fingerprint density at radius 2 is 1.95 bits per heavy atom. The van der Waals surface area contributed by atoms with Crippen molar-refractivity contribution in [3.05, 3.63) is 0 Å². The van der Waals surface area contributed by atoms with Gasteiger partial charge in [0.2, 0.25) is 5.91 Å². The third-order valence-electron chi connectivity index (χ3n) is 4.84. The summed E-state index contributed by atoms with van der Waals surface area (Å²) in [4.78, 5) is 12.2. The van der Waals surface area contributed by atoms with Crippen LogP contribution in [0.25, 0.3) is 0 Å². The molecule has 0 aliphatic heterocycles. The molecule has 4 N–H and O–H groups in total. The van der Waals surface area contributed by atoms with Crippen LogP contribution >= 0.6 is 0 Å². The highest BCUT2D eigenvalue weighted by Gasteiger charge is 2.38. The van der Waals surface area contributed by atoms with E-state index in [1.807, 2.05) is 0 Å². The largest absolute Gasteiger partial charge is 0.388 e. The molecule has 0 bridgehead atoms. The summed E-state index contributed by atoms with van der Waals surface area (Å²) in [7, 11) is 0. The summed E-state index contributed by atoms with van der Waals surface area (Å²) < 4.78 is 0. The molecule has 19 heavy (non-hydrogen) atoms. The minimum absolute atomic E-state index is 0.0705. The van der Waals surface area contributed by atoms with Gasteiger partial charge in [-0.15, -0.1) is 0 Å². The highest BCUT2D eigenvalue weighted by molar-refractivity contribution is 5.86. The second-order valence-electron chi connectivity index (χ2n) is 6.83. The molecule has 0 saturated heterocycles. The molecule has 0 spiro atoms. The first kappa shape index (κ1) is 14.8. The maximum Gasteiger partial charge on any atom is 0.240 e. The highest BCUT2D eigenvalue weighted by Crippen LogP contribution is 2.32. The fourth-order valence-corrected chi connectivity index (χ4v) is 3.62. The van der Waals surface area contributed by atoms with Gasteiger partial charge in [-0.1, -0.05) is 39.0 Å². The average Bonchev–Trinajstić information content (AvgIpc) is 2.36. The lowest BCUT2D eigenvalue weighted by Crippen LogP contribution is -2.57. The van der Waals surface area contributed by atoms with Crippen LogP contribution in [0.2, 0.25) is 0 Å². The van der Waals surface area contributed by atoms with E-state index >= 15 is 0 Å². The molecule has 2 aliphatic carbocycles. The second kappa shape index (κ2) is 5.80. The Morgan fingerprint density at radius 1 is 1.26 bits per heavy atom. The Morgan fingerprint density at radius 3 is 2.58 bits per heavy atom. The van der Waals surface area contributed by atoms with Gasteiger partial charge < -0.3 is 16.2 Å². The number of hydrogen-bond donors (Lipinski definition) is 3. The number of carbonyl (C=O) groups is 1. The van der Waals surface area contributed by atoms with Crippen molar-refractivity contribution in [1.29, 1.82) is 0 Å². The molecule has 0 aromatic heterocycles. The second-order valence-corrected chi connectivity index (χ2v) is 6.83. The zero-order valence-corrected chi connectivity index (χ0v) is 12.1. The Bertz CT molecular complexity index is 326. The quantitative estimate of drug-likeness (QED) is 0.729. The summed E-state index contributed by atoms with van der Waals surface area (Å²) in [5.74, 6) is 0.469. The third-order valence-corrected chi connectivity index (χ3v) is 4.84. The molecule has 2 fully saturated rings. The van der Waals surface area contributed by atoms with E-state index in [0.717, 1.165) is 44.9 Å². The Balaban J connectivity index is 1.85. The molecule has 0 radical (unpaired) electrons. The highest BCUT2D eigenvalue weighted by atomic mass is 16.3. The van der Waals surface area contributed by atoms with Gasteiger partial charge >= 0.3 is 0 Å². The first-order valence-electron chi connectivity index (χ1n) is 7.73. The van der Waals surface area contributed by atoms with Crippen molar-refractivity contribution in [3.63, 3.8) is 0 Å². The predicted molar refractivity (Wildman–Crippen MR) is 75.6 cm³/mol. The SMILES string of the molecule is CC1CCCC(O)(CNC(=O)C2(N)CCCCC2)C1. The van der Waals surface area contributed by atoms with E-state index < -0.39 is 11.1 Å². The van der Waals surface area contributed by atoms with E-state index in [4.69, 9.17) is 5.73 Å². The molecule has 2 atom stereocenters. The van der Waals surface area contributed by atoms with E-state index in [0.29, 0.717) is 12.5 Å². The molecular weight excluding hydrogens is 240 g/mol. The third kappa shape index (κ3) is 3.69. The minimum Gasteiger partial charge on any atom is -0.388 e. The standard InChI is InChI=1S/C15H28N2O2/c1-12-6-5-7-14(19,10-12)11-17-13(18)15(16)8-3-2-4-9-15/h12,19H,2-11,16H2,1H3,(H,17,18). The minimum atomic E-state index is -0.724. The van der Waals surface area contributed by atoms with Crippen LogP contribution in [0.5, 0.6) is 0 Å². The summed E-state index contributed by atoms with van der Waals surface area (Å²) in [6.07, 6.45) is 8.57. The van der Waals surface area contributed by atoms with E-state index in [1.165, 1.54) is 12.8 Å². The zero-order chi connectivity index (χ0) is 13.9. The lowest BCUT2D eigenvalue weighted by Gasteiger charge is -2.37. The van der Waals surface area contributed by atoms with Crippen LogP contribution in [0.3, 0.4) is 0 Å². The predicted octanol–water partition coefficient (Wildman–Crippen LogP) is 1.71. The van der Waals surface area contributed by atoms with Crippen LogP contribution in [0.4, 0.5) is 0 Å². The van der Waals surface area contributed by atoms with Gasteiger partial charge in [0, 0.05) is 6.54 Å². The Kier molecular flexibility index (Phi) is 4.51. The van der Waals surface area contributed by atoms with Crippen LogP contribution in [0.15, 0.2) is 0 Å². The number of nitrogens with one attached hydrogen (secondary N) is 1. The normalized spacial score (nSPS) is 34.8. The molecule has 1 amide bonds. The lowest BCUT2D eigenvalue weighted by atomic mass is 9.78. The maximum atomic E-state index is 12.2. The van der Waals surface area contributed by atoms with Gasteiger partial charge in [0.25, 0.3) is 0 Å². The number of aliphatic hydroxyl groups is 1. The molecule has 110 valence electrons. The van der Waals surface area contributed by atoms with E-state index in [9.17, 15) is 9.90 Å². The fraction of sp³-hybridized carbons (Fsp3) is 0.933. The fourth-order valence-electron chi connectivity index (χ4n) is 3.62. The van der Waals surface area contributed by atoms with Crippen LogP contribution < -0.4 is 11.1 Å². The lowest BCUT2D eigenvalue weighted by molar-refractivity contribution is -0.129. The van der Waals surface area contributed by atoms with Crippen LogP contribution in [-0.2, 0) is 4.79 Å². The van der Waals surface area contributed by atoms with Crippen molar-refractivity contribution >= 4 is 5.91 Å². The molecule has 4 nitrogen and oxygen atoms in total. The number of hydrogen-bond acceptors (Lipinski definition) is 3. The summed E-state index contributed by atoms with van der Waals surface area (Å²) in [6.45, 7) is 2.52. The van der Waals surface area contributed by atoms with Gasteiger partial charge in [0.15, 0.2) is 0 Å². The molecule has 2 rings (SSSR count). The van der Waals surface area contributed by atoms with Gasteiger partial charge in [-0.3, -0.25) is 4.79 Å². The molecule has 0 heterocycles. The van der Waals surface area contributed by atoms with Crippen molar-refractivity contribution < 1.29 is 9.90 Å². The number of carbonyl (C=O) groups excluding carboxylic acids is 1. The monoisotopic (exact) mass is 268 g/mol. The van der Waals surface area contributed by atoms with Crippen LogP contribution in [0, 0.1) is 5.92 Å². The van der Waals surface area contributed by atoms with Gasteiger partial charge in [-0.25, -0.2) is 0 Å².